The standard InChI is InChI=1S/C23H22ClFN4O4S/c24-23-18-8-7-16(13-20(18)27-28-23)33-11-10-26-14-22(30)15-6-9-19(25)21(12-15)29-34(31,32)17-4-2-1-3-5-17/h1-9,12-13,22,26,29-30H,10-11,14H2,(H,27,28). The first kappa shape index (κ1) is 24.0. The Kier molecular flexibility index (Phi) is 7.32. The van der Waals surface area contributed by atoms with E-state index in [1.54, 1.807) is 30.3 Å². The predicted octanol–water partition coefficient (Wildman–Crippen LogP) is 3.86. The van der Waals surface area contributed by atoms with Gasteiger partial charge in [-0.1, -0.05) is 35.9 Å². The van der Waals surface area contributed by atoms with Gasteiger partial charge in [0.05, 0.1) is 22.2 Å². The molecule has 1 aromatic heterocycles. The average Bonchev–Trinajstić information content (AvgIpc) is 3.20. The minimum Gasteiger partial charge on any atom is -0.492 e. The molecule has 0 radical (unpaired) electrons. The van der Waals surface area contributed by atoms with Crippen molar-refractivity contribution >= 4 is 38.2 Å². The smallest absolute Gasteiger partial charge is 0.261 e. The van der Waals surface area contributed by atoms with Crippen molar-refractivity contribution in [3.63, 3.8) is 0 Å². The van der Waals surface area contributed by atoms with Crippen LogP contribution in [0.2, 0.25) is 5.15 Å². The number of aliphatic hydroxyl groups is 1. The van der Waals surface area contributed by atoms with Crippen molar-refractivity contribution in [3.8, 4) is 5.75 Å². The number of hydrogen-bond donors (Lipinski definition) is 4. The van der Waals surface area contributed by atoms with Crippen LogP contribution in [0.5, 0.6) is 5.75 Å². The van der Waals surface area contributed by atoms with Crippen molar-refractivity contribution < 1.29 is 22.7 Å². The summed E-state index contributed by atoms with van der Waals surface area (Å²) in [6, 6.07) is 16.8. The minimum absolute atomic E-state index is 0.0107. The zero-order valence-electron chi connectivity index (χ0n) is 17.8. The quantitative estimate of drug-likeness (QED) is 0.244. The van der Waals surface area contributed by atoms with Crippen LogP contribution >= 0.6 is 11.6 Å². The summed E-state index contributed by atoms with van der Waals surface area (Å²) in [6.45, 7) is 0.931. The summed E-state index contributed by atoms with van der Waals surface area (Å²) in [5, 5.41) is 21.6. The second kappa shape index (κ2) is 10.4. The highest BCUT2D eigenvalue weighted by Gasteiger charge is 2.18. The fraction of sp³-hybridized carbons (Fsp3) is 0.174. The SMILES string of the molecule is O=S(=O)(Nc1cc(C(O)CNCCOc2ccc3c(Cl)[nH]nc3c2)ccc1F)c1ccccc1. The summed E-state index contributed by atoms with van der Waals surface area (Å²) in [5.41, 5.74) is 0.819. The van der Waals surface area contributed by atoms with Gasteiger partial charge in [0.15, 0.2) is 0 Å². The third-order valence-electron chi connectivity index (χ3n) is 5.04. The topological polar surface area (TPSA) is 116 Å². The van der Waals surface area contributed by atoms with Crippen LogP contribution in [0.3, 0.4) is 0 Å². The highest BCUT2D eigenvalue weighted by molar-refractivity contribution is 7.92. The van der Waals surface area contributed by atoms with Crippen molar-refractivity contribution in [1.29, 1.82) is 0 Å². The van der Waals surface area contributed by atoms with Crippen LogP contribution in [-0.2, 0) is 10.0 Å². The number of sulfonamides is 1. The van der Waals surface area contributed by atoms with E-state index in [4.69, 9.17) is 16.3 Å². The molecule has 1 atom stereocenters. The van der Waals surface area contributed by atoms with Crippen LogP contribution in [0, 0.1) is 5.82 Å². The van der Waals surface area contributed by atoms with Crippen molar-refractivity contribution in [2.24, 2.45) is 0 Å². The molecule has 0 saturated carbocycles. The number of rotatable bonds is 10. The Bertz CT molecular complexity index is 1380. The normalized spacial score (nSPS) is 12.6. The van der Waals surface area contributed by atoms with Crippen molar-refractivity contribution in [2.45, 2.75) is 11.0 Å². The molecule has 3 aromatic carbocycles. The lowest BCUT2D eigenvalue weighted by Gasteiger charge is -2.15. The number of halogens is 2. The molecule has 11 heteroatoms. The maximum atomic E-state index is 14.2. The van der Waals surface area contributed by atoms with E-state index in [2.05, 4.69) is 20.2 Å². The van der Waals surface area contributed by atoms with E-state index in [1.807, 2.05) is 6.07 Å². The van der Waals surface area contributed by atoms with Gasteiger partial charge in [0, 0.05) is 24.5 Å². The van der Waals surface area contributed by atoms with Crippen molar-refractivity contribution in [1.82, 2.24) is 15.5 Å². The Morgan fingerprint density at radius 1 is 1.12 bits per heavy atom. The molecule has 0 amide bonds. The number of hydrogen-bond acceptors (Lipinski definition) is 6. The molecule has 34 heavy (non-hydrogen) atoms. The second-order valence-corrected chi connectivity index (χ2v) is 9.50. The number of aliphatic hydroxyl groups excluding tert-OH is 1. The van der Waals surface area contributed by atoms with Gasteiger partial charge in [-0.2, -0.15) is 5.10 Å². The summed E-state index contributed by atoms with van der Waals surface area (Å²) < 4.78 is 47.1. The molecular formula is C23H22ClFN4O4S. The molecule has 0 saturated heterocycles. The lowest BCUT2D eigenvalue weighted by Crippen LogP contribution is -2.26. The third kappa shape index (κ3) is 5.65. The van der Waals surface area contributed by atoms with Crippen LogP contribution in [0.4, 0.5) is 10.1 Å². The highest BCUT2D eigenvalue weighted by Crippen LogP contribution is 2.25. The second-order valence-electron chi connectivity index (χ2n) is 7.44. The first-order valence-electron chi connectivity index (χ1n) is 10.4. The number of aromatic amines is 1. The Hall–Kier alpha value is -3.18. The Labute approximate surface area is 200 Å². The van der Waals surface area contributed by atoms with Gasteiger partial charge in [-0.05, 0) is 42.0 Å². The number of ether oxygens (including phenoxy) is 1. The first-order chi connectivity index (χ1) is 16.3. The van der Waals surface area contributed by atoms with Crippen LogP contribution in [0.25, 0.3) is 10.9 Å². The summed E-state index contributed by atoms with van der Waals surface area (Å²) in [4.78, 5) is 0.0107. The molecule has 1 unspecified atom stereocenters. The van der Waals surface area contributed by atoms with Crippen LogP contribution < -0.4 is 14.8 Å². The molecule has 0 aliphatic heterocycles. The molecule has 4 rings (SSSR count). The predicted molar refractivity (Wildman–Crippen MR) is 128 cm³/mol. The molecule has 0 fully saturated rings. The maximum Gasteiger partial charge on any atom is 0.261 e. The van der Waals surface area contributed by atoms with Gasteiger partial charge in [-0.25, -0.2) is 12.8 Å². The molecule has 0 aliphatic rings. The third-order valence-corrected chi connectivity index (χ3v) is 6.71. The summed E-state index contributed by atoms with van der Waals surface area (Å²) in [6.07, 6.45) is -0.983. The van der Waals surface area contributed by atoms with E-state index < -0.39 is 21.9 Å². The lowest BCUT2D eigenvalue weighted by atomic mass is 10.1. The molecule has 8 nitrogen and oxygen atoms in total. The molecular weight excluding hydrogens is 483 g/mol. The molecule has 0 spiro atoms. The minimum atomic E-state index is -3.96. The van der Waals surface area contributed by atoms with Crippen LogP contribution in [-0.4, -0.2) is 43.4 Å². The monoisotopic (exact) mass is 504 g/mol. The molecule has 4 N–H and O–H groups in total. The van der Waals surface area contributed by atoms with Gasteiger partial charge in [0.25, 0.3) is 10.0 Å². The number of H-pyrrole nitrogens is 1. The molecule has 4 aromatic rings. The number of nitrogens with zero attached hydrogens (tertiary/aromatic N) is 1. The van der Waals surface area contributed by atoms with Gasteiger partial charge in [0.2, 0.25) is 0 Å². The van der Waals surface area contributed by atoms with E-state index in [-0.39, 0.29) is 17.1 Å². The molecule has 178 valence electrons. The van der Waals surface area contributed by atoms with Gasteiger partial charge in [-0.15, -0.1) is 0 Å². The van der Waals surface area contributed by atoms with Gasteiger partial charge < -0.3 is 15.2 Å². The highest BCUT2D eigenvalue weighted by atomic mass is 35.5. The van der Waals surface area contributed by atoms with E-state index in [1.165, 1.54) is 24.3 Å². The fourth-order valence-electron chi connectivity index (χ4n) is 3.28. The molecule has 1 heterocycles. The number of fused-ring (bicyclic) bond motifs is 1. The summed E-state index contributed by atoms with van der Waals surface area (Å²) in [5.74, 6) is -0.112. The largest absolute Gasteiger partial charge is 0.492 e. The first-order valence-corrected chi connectivity index (χ1v) is 12.2. The van der Waals surface area contributed by atoms with Crippen LogP contribution in [0.15, 0.2) is 71.6 Å². The Morgan fingerprint density at radius 2 is 1.91 bits per heavy atom. The summed E-state index contributed by atoms with van der Waals surface area (Å²) in [7, 11) is -3.96. The van der Waals surface area contributed by atoms with E-state index in [9.17, 15) is 17.9 Å². The van der Waals surface area contributed by atoms with Crippen LogP contribution in [0.1, 0.15) is 11.7 Å². The maximum absolute atomic E-state index is 14.2. The van der Waals surface area contributed by atoms with Crippen molar-refractivity contribution in [2.75, 3.05) is 24.4 Å². The zero-order valence-corrected chi connectivity index (χ0v) is 19.4. The van der Waals surface area contributed by atoms with Gasteiger partial charge in [0.1, 0.15) is 23.3 Å². The Morgan fingerprint density at radius 3 is 2.71 bits per heavy atom. The number of benzene rings is 3. The average molecular weight is 505 g/mol. The Balaban J connectivity index is 1.30. The summed E-state index contributed by atoms with van der Waals surface area (Å²) >= 11 is 5.98. The number of aromatic nitrogens is 2. The molecule has 0 aliphatic carbocycles. The fourth-order valence-corrected chi connectivity index (χ4v) is 4.56. The number of anilines is 1. The van der Waals surface area contributed by atoms with E-state index in [0.717, 1.165) is 11.5 Å². The molecule has 0 bridgehead atoms. The van der Waals surface area contributed by atoms with E-state index in [0.29, 0.717) is 35.1 Å². The van der Waals surface area contributed by atoms with Gasteiger partial charge in [-0.3, -0.25) is 9.82 Å². The van der Waals surface area contributed by atoms with E-state index >= 15 is 0 Å². The number of nitrogens with one attached hydrogen (secondary N) is 3. The zero-order chi connectivity index (χ0) is 24.1. The van der Waals surface area contributed by atoms with Gasteiger partial charge >= 0.3 is 0 Å². The lowest BCUT2D eigenvalue weighted by molar-refractivity contribution is 0.172. The van der Waals surface area contributed by atoms with Crippen molar-refractivity contribution in [3.05, 3.63) is 83.3 Å².